The van der Waals surface area contributed by atoms with Crippen LogP contribution in [0.15, 0.2) is 41.1 Å². The SMILES string of the molecule is CC1=CC(c2ccc(N(C)C)cc2)=C[Se](C)=[O+]1.[O-][Cl+3]([O-])([O-])[O-]. The summed E-state index contributed by atoms with van der Waals surface area (Å²) in [4.78, 5) is 4.39. The van der Waals surface area contributed by atoms with E-state index in [2.05, 4.69) is 60.1 Å². The molecule has 0 bridgehead atoms. The molecule has 0 amide bonds. The molecule has 2 rings (SSSR count). The van der Waals surface area contributed by atoms with Gasteiger partial charge in [-0.15, -0.1) is 10.2 Å². The molecule has 0 spiro atoms. The Hall–Kier alpha value is -1.05. The number of allylic oxidation sites excluding steroid dienone is 3. The van der Waals surface area contributed by atoms with Crippen LogP contribution < -0.4 is 23.5 Å². The van der Waals surface area contributed by atoms with Crippen LogP contribution in [0.5, 0.6) is 0 Å². The molecule has 0 saturated heterocycles. The van der Waals surface area contributed by atoms with Gasteiger partial charge in [-0.25, -0.2) is 18.6 Å². The summed E-state index contributed by atoms with van der Waals surface area (Å²) < 4.78 is 39.7. The molecule has 0 aliphatic carbocycles. The van der Waals surface area contributed by atoms with Crippen molar-refractivity contribution in [1.29, 1.82) is 0 Å². The fraction of sp³-hybridized carbons (Fsp3) is 0.286. The van der Waals surface area contributed by atoms with Crippen LogP contribution in [0.3, 0.4) is 0 Å². The molecule has 0 radical (unpaired) electrons. The number of hydrogen-bond donors (Lipinski definition) is 0. The third-order valence-corrected chi connectivity index (χ3v) is 4.96. The van der Waals surface area contributed by atoms with Crippen LogP contribution in [0.25, 0.3) is 5.57 Å². The van der Waals surface area contributed by atoms with E-state index in [1.807, 2.05) is 6.92 Å². The van der Waals surface area contributed by atoms with E-state index in [9.17, 15) is 0 Å². The summed E-state index contributed by atoms with van der Waals surface area (Å²) in [5.41, 5.74) is 3.80. The molecular formula is C14H18ClNO5Se. The van der Waals surface area contributed by atoms with Crippen molar-refractivity contribution in [3.05, 3.63) is 46.6 Å². The quantitative estimate of drug-likeness (QED) is 0.445. The van der Waals surface area contributed by atoms with E-state index in [0.29, 0.717) is 0 Å². The molecule has 8 heteroatoms. The number of benzene rings is 1. The van der Waals surface area contributed by atoms with Gasteiger partial charge >= 0.3 is 107 Å². The van der Waals surface area contributed by atoms with Gasteiger partial charge in [0.15, 0.2) is 0 Å². The predicted molar refractivity (Wildman–Crippen MR) is 74.8 cm³/mol. The second kappa shape index (κ2) is 7.99. The number of halogens is 1. The van der Waals surface area contributed by atoms with Gasteiger partial charge in [-0.1, -0.05) is 0 Å². The summed E-state index contributed by atoms with van der Waals surface area (Å²) >= 11 is -1.02. The van der Waals surface area contributed by atoms with E-state index >= 15 is 0 Å². The molecule has 1 heterocycles. The topological polar surface area (TPSA) is 107 Å². The smallest absolute Gasteiger partial charge is 0.112 e. The minimum Gasteiger partial charge on any atom is -0.222 e. The molecule has 1 atom stereocenters. The fourth-order valence-corrected chi connectivity index (χ4v) is 4.04. The van der Waals surface area contributed by atoms with Crippen LogP contribution in [0.1, 0.15) is 12.5 Å². The van der Waals surface area contributed by atoms with Gasteiger partial charge in [0.05, 0.1) is 0 Å². The summed E-state index contributed by atoms with van der Waals surface area (Å²) in [6.45, 7) is 2.03. The van der Waals surface area contributed by atoms with Crippen molar-refractivity contribution >= 4 is 25.1 Å². The van der Waals surface area contributed by atoms with E-state index in [1.54, 1.807) is 0 Å². The molecule has 0 aromatic heterocycles. The average Bonchev–Trinajstić information content (AvgIpc) is 2.35. The molecule has 6 nitrogen and oxygen atoms in total. The Kier molecular flexibility index (Phi) is 6.90. The molecular weight excluding hydrogens is 377 g/mol. The summed E-state index contributed by atoms with van der Waals surface area (Å²) in [5.74, 6) is 3.22. The number of anilines is 1. The molecule has 0 N–H and O–H groups in total. The maximum absolute atomic E-state index is 8.49. The molecule has 0 saturated carbocycles. The minimum atomic E-state index is -4.94. The first kappa shape index (κ1) is 19.0. The zero-order valence-corrected chi connectivity index (χ0v) is 15.2. The maximum Gasteiger partial charge on any atom is -0.112 e. The first-order chi connectivity index (χ1) is 10.1. The molecule has 122 valence electrons. The number of rotatable bonds is 2. The van der Waals surface area contributed by atoms with Crippen molar-refractivity contribution in [3.8, 4) is 0 Å². The Morgan fingerprint density at radius 2 is 1.55 bits per heavy atom. The Morgan fingerprint density at radius 3 is 1.95 bits per heavy atom. The molecule has 1 aromatic carbocycles. The van der Waals surface area contributed by atoms with E-state index in [4.69, 9.17) is 22.1 Å². The van der Waals surface area contributed by atoms with E-state index in [-0.39, 0.29) is 0 Å². The van der Waals surface area contributed by atoms with Gasteiger partial charge in [-0.2, -0.15) is 0 Å². The number of nitrogens with zero attached hydrogens (tertiary/aromatic N) is 1. The fourth-order valence-electron chi connectivity index (χ4n) is 1.79. The Bertz CT molecular complexity index is 594. The molecule has 1 unspecified atom stereocenters. The Morgan fingerprint density at radius 1 is 1.05 bits per heavy atom. The van der Waals surface area contributed by atoms with Gasteiger partial charge < -0.3 is 0 Å². The van der Waals surface area contributed by atoms with E-state index in [0.717, 1.165) is 5.76 Å². The van der Waals surface area contributed by atoms with Crippen molar-refractivity contribution in [2.75, 3.05) is 19.0 Å². The first-order valence-corrected chi connectivity index (χ1v) is 10.8. The largest absolute Gasteiger partial charge is 0.222 e. The molecule has 1 aromatic rings. The van der Waals surface area contributed by atoms with Crippen molar-refractivity contribution in [2.24, 2.45) is 0 Å². The van der Waals surface area contributed by atoms with Crippen LogP contribution in [0.4, 0.5) is 5.69 Å². The van der Waals surface area contributed by atoms with Crippen molar-refractivity contribution in [2.45, 2.75) is 12.7 Å². The van der Waals surface area contributed by atoms with Crippen LogP contribution >= 0.6 is 0 Å². The molecule has 0 fully saturated rings. The van der Waals surface area contributed by atoms with Gasteiger partial charge in [-0.3, -0.25) is 0 Å². The zero-order chi connectivity index (χ0) is 16.9. The monoisotopic (exact) mass is 395 g/mol. The average molecular weight is 395 g/mol. The van der Waals surface area contributed by atoms with Gasteiger partial charge in [0.2, 0.25) is 0 Å². The molecule has 1 aliphatic heterocycles. The second-order valence-electron chi connectivity index (χ2n) is 4.73. The standard InChI is InChI=1S/C14H18NOSe.ClHO4/c1-11-9-13(10-17(4)16-11)12-5-7-14(8-6-12)15(2)3;2-1(3,4)5/h5-10H,1-4H3;(H,2,3,4,5)/q+1;/p-1. The zero-order valence-electron chi connectivity index (χ0n) is 12.7. The number of hydrogen-bond acceptors (Lipinski definition) is 5. The maximum atomic E-state index is 8.49. The van der Waals surface area contributed by atoms with Crippen LogP contribution in [0.2, 0.25) is 5.82 Å². The van der Waals surface area contributed by atoms with Gasteiger partial charge in [-0.05, 0) is 0 Å². The van der Waals surface area contributed by atoms with Crippen LogP contribution in [-0.2, 0) is 3.47 Å². The predicted octanol–water partition coefficient (Wildman–Crippen LogP) is -1.58. The van der Waals surface area contributed by atoms with E-state index in [1.165, 1.54) is 16.8 Å². The summed E-state index contributed by atoms with van der Waals surface area (Å²) in [6.07, 6.45) is 2.12. The van der Waals surface area contributed by atoms with Gasteiger partial charge in [0.1, 0.15) is 0 Å². The second-order valence-corrected chi connectivity index (χ2v) is 8.42. The van der Waals surface area contributed by atoms with E-state index < -0.39 is 24.1 Å². The van der Waals surface area contributed by atoms with Gasteiger partial charge in [0, 0.05) is 0 Å². The van der Waals surface area contributed by atoms with Gasteiger partial charge in [0.25, 0.3) is 0 Å². The van der Waals surface area contributed by atoms with Crippen molar-refractivity contribution in [3.63, 3.8) is 0 Å². The Labute approximate surface area is 136 Å². The van der Waals surface area contributed by atoms with Crippen molar-refractivity contribution in [1.82, 2.24) is 0 Å². The first-order valence-electron chi connectivity index (χ1n) is 6.19. The third kappa shape index (κ3) is 7.28. The summed E-state index contributed by atoms with van der Waals surface area (Å²) in [6, 6.07) is 8.66. The third-order valence-electron chi connectivity index (χ3n) is 2.63. The van der Waals surface area contributed by atoms with Crippen LogP contribution in [0, 0.1) is 10.2 Å². The minimum absolute atomic E-state index is 1.02. The summed E-state index contributed by atoms with van der Waals surface area (Å²) in [7, 11) is -0.831. The normalized spacial score (nSPS) is 17.5. The van der Waals surface area contributed by atoms with Crippen LogP contribution in [-0.4, -0.2) is 27.9 Å². The molecule has 1 aliphatic rings. The summed E-state index contributed by atoms with van der Waals surface area (Å²) in [5, 5.41) is 0. The van der Waals surface area contributed by atoms with Crippen molar-refractivity contribution < 1.29 is 32.3 Å². The Balaban J connectivity index is 0.000000422. The molecule has 22 heavy (non-hydrogen) atoms.